The van der Waals surface area contributed by atoms with Crippen LogP contribution in [0, 0.1) is 0 Å². The van der Waals surface area contributed by atoms with Crippen LogP contribution in [-0.2, 0) is 10.8 Å². The van der Waals surface area contributed by atoms with Gasteiger partial charge in [0.15, 0.2) is 0 Å². The fraction of sp³-hybridized carbons (Fsp3) is 0.556. The summed E-state index contributed by atoms with van der Waals surface area (Å²) in [6, 6.07) is 3.50. The number of hydrogen-bond acceptors (Lipinski definition) is 3. The zero-order valence-electron chi connectivity index (χ0n) is 14.7. The molecule has 22 heavy (non-hydrogen) atoms. The third-order valence-corrected chi connectivity index (χ3v) is 3.43. The Bertz CT molecular complexity index is 541. The van der Waals surface area contributed by atoms with Gasteiger partial charge in [-0.05, 0) is 29.4 Å². The number of phenolic OH excluding ortho intramolecular Hbond substituents is 1. The van der Waals surface area contributed by atoms with E-state index < -0.39 is 0 Å². The summed E-state index contributed by atoms with van der Waals surface area (Å²) in [6.45, 7) is 14.1. The highest BCUT2D eigenvalue weighted by molar-refractivity contribution is 5.95. The number of aromatic hydroxyl groups is 1. The lowest BCUT2D eigenvalue weighted by Crippen LogP contribution is -2.22. The summed E-state index contributed by atoms with van der Waals surface area (Å²) in [5.74, 6) is 0.00862. The maximum absolute atomic E-state index is 12.3. The van der Waals surface area contributed by atoms with Gasteiger partial charge in [-0.25, -0.2) is 5.43 Å². The molecule has 122 valence electrons. The number of carbonyl (C=O) groups excluding carboxylic acids is 1. The number of hydrogen-bond donors (Lipinski definition) is 2. The molecule has 0 aliphatic carbocycles. The second-order valence-corrected chi connectivity index (χ2v) is 7.58. The first-order chi connectivity index (χ1) is 9.98. The van der Waals surface area contributed by atoms with Crippen LogP contribution < -0.4 is 5.43 Å². The van der Waals surface area contributed by atoms with Crippen LogP contribution in [0.15, 0.2) is 17.2 Å². The number of phenols is 1. The molecular weight excluding hydrogens is 276 g/mol. The minimum Gasteiger partial charge on any atom is -0.507 e. The van der Waals surface area contributed by atoms with Crippen molar-refractivity contribution in [2.24, 2.45) is 5.10 Å². The molecule has 0 saturated heterocycles. The number of rotatable bonds is 3. The van der Waals surface area contributed by atoms with Crippen molar-refractivity contribution in [3.63, 3.8) is 0 Å². The van der Waals surface area contributed by atoms with Crippen LogP contribution in [0.1, 0.15) is 76.4 Å². The molecule has 0 fully saturated rings. The van der Waals surface area contributed by atoms with E-state index in [1.807, 2.05) is 48.5 Å². The summed E-state index contributed by atoms with van der Waals surface area (Å²) in [5, 5.41) is 14.5. The number of amides is 1. The van der Waals surface area contributed by atoms with Gasteiger partial charge in [0.25, 0.3) is 5.91 Å². The molecular formula is C18H28N2O2. The molecule has 0 atom stereocenters. The second kappa shape index (κ2) is 6.51. The van der Waals surface area contributed by atoms with Crippen molar-refractivity contribution in [2.75, 3.05) is 0 Å². The van der Waals surface area contributed by atoms with E-state index >= 15 is 0 Å². The van der Waals surface area contributed by atoms with Gasteiger partial charge in [0.1, 0.15) is 5.75 Å². The SMILES string of the molecule is CCC=NNC(=O)c1cc(C(C)(C)C)c(O)c(C(C)(C)C)c1. The summed E-state index contributed by atoms with van der Waals surface area (Å²) in [5.41, 5.74) is 4.06. The van der Waals surface area contributed by atoms with Gasteiger partial charge in [0.05, 0.1) is 0 Å². The van der Waals surface area contributed by atoms with Gasteiger partial charge in [0, 0.05) is 22.9 Å². The van der Waals surface area contributed by atoms with Crippen molar-refractivity contribution < 1.29 is 9.90 Å². The summed E-state index contributed by atoms with van der Waals surface area (Å²) in [4.78, 5) is 12.3. The van der Waals surface area contributed by atoms with Gasteiger partial charge >= 0.3 is 0 Å². The third-order valence-electron chi connectivity index (χ3n) is 3.43. The first-order valence-electron chi connectivity index (χ1n) is 7.68. The van der Waals surface area contributed by atoms with Gasteiger partial charge in [-0.1, -0.05) is 48.5 Å². The Morgan fingerprint density at radius 2 is 1.59 bits per heavy atom. The number of nitrogens with one attached hydrogen (secondary N) is 1. The van der Waals surface area contributed by atoms with Crippen molar-refractivity contribution in [2.45, 2.75) is 65.7 Å². The van der Waals surface area contributed by atoms with Gasteiger partial charge in [-0.2, -0.15) is 5.10 Å². The van der Waals surface area contributed by atoms with Crippen molar-refractivity contribution in [3.8, 4) is 5.75 Å². The molecule has 4 nitrogen and oxygen atoms in total. The fourth-order valence-corrected chi connectivity index (χ4v) is 2.17. The standard InChI is InChI=1S/C18H28N2O2/c1-8-9-19-20-16(22)12-10-13(17(2,3)4)15(21)14(11-12)18(5,6)7/h9-11,21H,8H2,1-7H3,(H,20,22). The zero-order chi connectivity index (χ0) is 17.1. The number of hydrazone groups is 1. The Balaban J connectivity index is 3.42. The average Bonchev–Trinajstić information content (AvgIpc) is 2.36. The molecule has 0 aromatic heterocycles. The minimum atomic E-state index is -0.263. The van der Waals surface area contributed by atoms with Crippen molar-refractivity contribution in [1.29, 1.82) is 0 Å². The molecule has 0 saturated carbocycles. The van der Waals surface area contributed by atoms with E-state index in [0.717, 1.165) is 17.5 Å². The van der Waals surface area contributed by atoms with Crippen LogP contribution in [0.25, 0.3) is 0 Å². The van der Waals surface area contributed by atoms with E-state index in [2.05, 4.69) is 10.5 Å². The lowest BCUT2D eigenvalue weighted by Gasteiger charge is -2.28. The largest absolute Gasteiger partial charge is 0.507 e. The molecule has 0 spiro atoms. The number of benzene rings is 1. The smallest absolute Gasteiger partial charge is 0.271 e. The van der Waals surface area contributed by atoms with Crippen LogP contribution in [0.3, 0.4) is 0 Å². The van der Waals surface area contributed by atoms with Crippen LogP contribution >= 0.6 is 0 Å². The molecule has 1 aromatic rings. The summed E-state index contributed by atoms with van der Waals surface area (Å²) >= 11 is 0. The van der Waals surface area contributed by atoms with Gasteiger partial charge in [-0.3, -0.25) is 4.79 Å². The molecule has 0 aliphatic heterocycles. The Labute approximate surface area is 133 Å². The third kappa shape index (κ3) is 4.33. The second-order valence-electron chi connectivity index (χ2n) is 7.58. The molecule has 1 amide bonds. The predicted molar refractivity (Wildman–Crippen MR) is 91.8 cm³/mol. The monoisotopic (exact) mass is 304 g/mol. The van der Waals surface area contributed by atoms with Crippen LogP contribution in [0.5, 0.6) is 5.75 Å². The quantitative estimate of drug-likeness (QED) is 0.652. The summed E-state index contributed by atoms with van der Waals surface area (Å²) in [7, 11) is 0. The lowest BCUT2D eigenvalue weighted by molar-refractivity contribution is 0.0954. The molecule has 0 bridgehead atoms. The van der Waals surface area contributed by atoms with Crippen molar-refractivity contribution >= 4 is 12.1 Å². The highest BCUT2D eigenvalue weighted by Crippen LogP contribution is 2.39. The van der Waals surface area contributed by atoms with E-state index in [4.69, 9.17) is 0 Å². The molecule has 1 rings (SSSR count). The highest BCUT2D eigenvalue weighted by atomic mass is 16.3. The molecule has 4 heteroatoms. The first-order valence-corrected chi connectivity index (χ1v) is 7.68. The Morgan fingerprint density at radius 3 is 1.95 bits per heavy atom. The maximum Gasteiger partial charge on any atom is 0.271 e. The normalized spacial score (nSPS) is 12.7. The van der Waals surface area contributed by atoms with E-state index in [-0.39, 0.29) is 22.5 Å². The van der Waals surface area contributed by atoms with E-state index in [0.29, 0.717) is 5.56 Å². The highest BCUT2D eigenvalue weighted by Gasteiger charge is 2.27. The van der Waals surface area contributed by atoms with Crippen LogP contribution in [-0.4, -0.2) is 17.2 Å². The molecule has 0 heterocycles. The van der Waals surface area contributed by atoms with Crippen LogP contribution in [0.2, 0.25) is 0 Å². The molecule has 0 aliphatic rings. The molecule has 2 N–H and O–H groups in total. The Hall–Kier alpha value is -1.84. The fourth-order valence-electron chi connectivity index (χ4n) is 2.17. The average molecular weight is 304 g/mol. The topological polar surface area (TPSA) is 61.7 Å². The number of carbonyl (C=O) groups is 1. The summed E-state index contributed by atoms with van der Waals surface area (Å²) in [6.07, 6.45) is 2.41. The molecule has 1 aromatic carbocycles. The predicted octanol–water partition coefficient (Wildman–Crippen LogP) is 4.11. The lowest BCUT2D eigenvalue weighted by atomic mass is 9.78. The van der Waals surface area contributed by atoms with Crippen molar-refractivity contribution in [3.05, 3.63) is 28.8 Å². The van der Waals surface area contributed by atoms with E-state index in [9.17, 15) is 9.90 Å². The first kappa shape index (κ1) is 18.2. The summed E-state index contributed by atoms with van der Waals surface area (Å²) < 4.78 is 0. The minimum absolute atomic E-state index is 0.257. The molecule has 0 radical (unpaired) electrons. The van der Waals surface area contributed by atoms with Gasteiger partial charge < -0.3 is 5.11 Å². The van der Waals surface area contributed by atoms with Crippen molar-refractivity contribution in [1.82, 2.24) is 5.43 Å². The Kier molecular flexibility index (Phi) is 5.39. The van der Waals surface area contributed by atoms with E-state index in [1.165, 1.54) is 0 Å². The maximum atomic E-state index is 12.3. The molecule has 0 unspecified atom stereocenters. The van der Waals surface area contributed by atoms with Crippen LogP contribution in [0.4, 0.5) is 0 Å². The van der Waals surface area contributed by atoms with Gasteiger partial charge in [0.2, 0.25) is 0 Å². The Morgan fingerprint density at radius 1 is 1.14 bits per heavy atom. The zero-order valence-corrected chi connectivity index (χ0v) is 14.7. The van der Waals surface area contributed by atoms with Gasteiger partial charge in [-0.15, -0.1) is 0 Å². The number of nitrogens with zero attached hydrogens (tertiary/aromatic N) is 1. The van der Waals surface area contributed by atoms with E-state index in [1.54, 1.807) is 18.3 Å².